The second kappa shape index (κ2) is 4.01. The number of hydrogen-bond donors (Lipinski definition) is 0. The molecule has 1 aromatic carbocycles. The molecule has 0 atom stereocenters. The Labute approximate surface area is 101 Å². The third-order valence-corrected chi connectivity index (χ3v) is 2.73. The van der Waals surface area contributed by atoms with E-state index in [1.165, 1.54) is 6.07 Å². The average Bonchev–Trinajstić information content (AvgIpc) is 2.47. The van der Waals surface area contributed by atoms with Gasteiger partial charge in [0.2, 0.25) is 0 Å². The molecular weight excluding hydrogens is 253 g/mol. The minimum Gasteiger partial charge on any atom is -0.483 e. The van der Waals surface area contributed by atoms with Crippen molar-refractivity contribution in [3.8, 4) is 11.5 Å². The Hall–Kier alpha value is -1.04. The van der Waals surface area contributed by atoms with Crippen molar-refractivity contribution < 1.29 is 22.1 Å². The second-order valence-corrected chi connectivity index (χ2v) is 5.19. The van der Waals surface area contributed by atoms with E-state index in [1.54, 1.807) is 6.07 Å². The maximum atomic E-state index is 12.0. The highest BCUT2D eigenvalue weighted by Crippen LogP contribution is 2.44. The van der Waals surface area contributed by atoms with Crippen LogP contribution in [0.5, 0.6) is 11.5 Å². The summed E-state index contributed by atoms with van der Waals surface area (Å²) in [7, 11) is 0. The summed E-state index contributed by atoms with van der Waals surface area (Å²) in [5.74, 6) is 0.532. The van der Waals surface area contributed by atoms with Crippen LogP contribution in [0.25, 0.3) is 0 Å². The van der Waals surface area contributed by atoms with Gasteiger partial charge in [0.15, 0.2) is 23.5 Å². The van der Waals surface area contributed by atoms with Crippen molar-refractivity contribution >= 4 is 12.0 Å². The first-order valence-corrected chi connectivity index (χ1v) is 5.74. The number of para-hydroxylation sites is 1. The zero-order valence-electron chi connectivity index (χ0n) is 9.30. The highest BCUT2D eigenvalue weighted by atomic mass is 32.2. The minimum absolute atomic E-state index is 0.121. The molecule has 0 unspecified atom stereocenters. The number of fused-ring (bicyclic) bond motifs is 1. The van der Waals surface area contributed by atoms with Crippen molar-refractivity contribution in [2.75, 3.05) is 0 Å². The first-order valence-electron chi connectivity index (χ1n) is 5.00. The van der Waals surface area contributed by atoms with Gasteiger partial charge in [-0.25, -0.2) is 0 Å². The lowest BCUT2D eigenvalue weighted by molar-refractivity contribution is -0.0370. The first kappa shape index (κ1) is 12.4. The van der Waals surface area contributed by atoms with Gasteiger partial charge in [-0.1, -0.05) is 12.1 Å². The number of benzene rings is 1. The van der Waals surface area contributed by atoms with E-state index in [4.69, 9.17) is 4.74 Å². The highest BCUT2D eigenvalue weighted by molar-refractivity contribution is 7.95. The van der Waals surface area contributed by atoms with E-state index in [-0.39, 0.29) is 5.75 Å². The van der Waals surface area contributed by atoms with Crippen molar-refractivity contribution in [2.45, 2.75) is 31.4 Å². The summed E-state index contributed by atoms with van der Waals surface area (Å²) in [5.41, 5.74) is -3.95. The maximum absolute atomic E-state index is 12.0. The minimum atomic E-state index is -4.42. The fourth-order valence-electron chi connectivity index (χ4n) is 1.75. The first-order chi connectivity index (χ1) is 7.77. The SMILES string of the molecule is CC1(C)Cc2cccc(OSC(F)(F)F)c2O1. The molecule has 0 aromatic heterocycles. The molecule has 0 saturated heterocycles. The van der Waals surface area contributed by atoms with Crippen LogP contribution in [0.1, 0.15) is 19.4 Å². The number of hydrogen-bond acceptors (Lipinski definition) is 3. The van der Waals surface area contributed by atoms with Crippen molar-refractivity contribution in [3.05, 3.63) is 23.8 Å². The zero-order chi connectivity index (χ0) is 12.7. The quantitative estimate of drug-likeness (QED) is 0.754. The van der Waals surface area contributed by atoms with Crippen LogP contribution in [0.3, 0.4) is 0 Å². The van der Waals surface area contributed by atoms with Crippen LogP contribution in [0, 0.1) is 0 Å². The summed E-state index contributed by atoms with van der Waals surface area (Å²) >= 11 is -0.527. The topological polar surface area (TPSA) is 18.5 Å². The van der Waals surface area contributed by atoms with E-state index in [0.29, 0.717) is 12.2 Å². The third-order valence-electron chi connectivity index (χ3n) is 2.28. The molecule has 0 spiro atoms. The molecule has 0 aliphatic carbocycles. The van der Waals surface area contributed by atoms with E-state index >= 15 is 0 Å². The smallest absolute Gasteiger partial charge is 0.479 e. The Morgan fingerprint density at radius 1 is 1.35 bits per heavy atom. The molecule has 2 rings (SSSR count). The molecule has 6 heteroatoms. The summed E-state index contributed by atoms with van der Waals surface area (Å²) in [6.45, 7) is 3.77. The van der Waals surface area contributed by atoms with Crippen molar-refractivity contribution in [1.82, 2.24) is 0 Å². The zero-order valence-corrected chi connectivity index (χ0v) is 10.1. The van der Waals surface area contributed by atoms with Crippen molar-refractivity contribution in [2.24, 2.45) is 0 Å². The molecule has 0 saturated carbocycles. The van der Waals surface area contributed by atoms with Gasteiger partial charge in [-0.2, -0.15) is 13.2 Å². The third kappa shape index (κ3) is 3.00. The summed E-state index contributed by atoms with van der Waals surface area (Å²) in [5, 5.41) is 0. The molecule has 94 valence electrons. The molecule has 0 N–H and O–H groups in total. The van der Waals surface area contributed by atoms with Gasteiger partial charge in [0.25, 0.3) is 0 Å². The molecule has 2 nitrogen and oxygen atoms in total. The Balaban J connectivity index is 2.19. The number of alkyl halides is 3. The van der Waals surface area contributed by atoms with Crippen LogP contribution in [0.2, 0.25) is 0 Å². The van der Waals surface area contributed by atoms with Gasteiger partial charge in [0, 0.05) is 12.0 Å². The monoisotopic (exact) mass is 264 g/mol. The molecule has 0 fully saturated rings. The van der Waals surface area contributed by atoms with Gasteiger partial charge >= 0.3 is 5.51 Å². The van der Waals surface area contributed by atoms with Gasteiger partial charge < -0.3 is 8.92 Å². The lowest BCUT2D eigenvalue weighted by atomic mass is 10.0. The van der Waals surface area contributed by atoms with Crippen molar-refractivity contribution in [3.63, 3.8) is 0 Å². The fourth-order valence-corrected chi connectivity index (χ4v) is 2.06. The van der Waals surface area contributed by atoms with Crippen molar-refractivity contribution in [1.29, 1.82) is 0 Å². The summed E-state index contributed by atoms with van der Waals surface area (Å²) in [4.78, 5) is 0. The van der Waals surface area contributed by atoms with E-state index in [0.717, 1.165) is 5.56 Å². The van der Waals surface area contributed by atoms with E-state index in [2.05, 4.69) is 4.18 Å². The van der Waals surface area contributed by atoms with Crippen LogP contribution in [-0.4, -0.2) is 11.1 Å². The Bertz CT molecular complexity index is 429. The standard InChI is InChI=1S/C11H11F3O2S/c1-10(2)6-7-4-3-5-8(9(7)15-10)16-17-11(12,13)14/h3-5H,6H2,1-2H3. The lowest BCUT2D eigenvalue weighted by Gasteiger charge is -2.18. The fraction of sp³-hybridized carbons (Fsp3) is 0.455. The highest BCUT2D eigenvalue weighted by Gasteiger charge is 2.35. The van der Waals surface area contributed by atoms with Crippen LogP contribution >= 0.6 is 12.0 Å². The predicted octanol–water partition coefficient (Wildman–Crippen LogP) is 3.95. The molecule has 0 radical (unpaired) electrons. The Morgan fingerprint density at radius 3 is 2.71 bits per heavy atom. The van der Waals surface area contributed by atoms with Crippen LogP contribution in [0.4, 0.5) is 13.2 Å². The van der Waals surface area contributed by atoms with Crippen LogP contribution in [0.15, 0.2) is 18.2 Å². The maximum Gasteiger partial charge on any atom is 0.479 e. The average molecular weight is 264 g/mol. The van der Waals surface area contributed by atoms with E-state index in [9.17, 15) is 13.2 Å². The van der Waals surface area contributed by atoms with E-state index in [1.807, 2.05) is 19.9 Å². The largest absolute Gasteiger partial charge is 0.483 e. The molecule has 0 bridgehead atoms. The lowest BCUT2D eigenvalue weighted by Crippen LogP contribution is -2.24. The number of rotatable bonds is 2. The van der Waals surface area contributed by atoms with Gasteiger partial charge in [-0.15, -0.1) is 0 Å². The predicted molar refractivity (Wildman–Crippen MR) is 59.1 cm³/mol. The van der Waals surface area contributed by atoms with Gasteiger partial charge in [-0.05, 0) is 19.9 Å². The normalized spacial score (nSPS) is 17.5. The van der Waals surface area contributed by atoms with Crippen LogP contribution < -0.4 is 8.92 Å². The summed E-state index contributed by atoms with van der Waals surface area (Å²) < 4.78 is 46.4. The molecule has 1 heterocycles. The molecule has 1 aromatic rings. The van der Waals surface area contributed by atoms with Gasteiger partial charge in [-0.3, -0.25) is 0 Å². The summed E-state index contributed by atoms with van der Waals surface area (Å²) in [6.07, 6.45) is 0.663. The second-order valence-electron chi connectivity index (χ2n) is 4.40. The molecule has 0 amide bonds. The summed E-state index contributed by atoms with van der Waals surface area (Å²) in [6, 6.07) is 4.96. The van der Waals surface area contributed by atoms with E-state index < -0.39 is 23.2 Å². The molecule has 1 aliphatic rings. The van der Waals surface area contributed by atoms with Gasteiger partial charge in [0.1, 0.15) is 5.60 Å². The molecule has 17 heavy (non-hydrogen) atoms. The molecule has 1 aliphatic heterocycles. The Morgan fingerprint density at radius 2 is 2.06 bits per heavy atom. The number of halogens is 3. The Kier molecular flexibility index (Phi) is 2.93. The molecular formula is C11H11F3O2S. The number of ether oxygens (including phenoxy) is 1. The van der Waals surface area contributed by atoms with Gasteiger partial charge in [0.05, 0.1) is 0 Å². The van der Waals surface area contributed by atoms with Crippen LogP contribution in [-0.2, 0) is 6.42 Å².